The summed E-state index contributed by atoms with van der Waals surface area (Å²) in [5.41, 5.74) is 12.8. The van der Waals surface area contributed by atoms with Gasteiger partial charge in [-0.1, -0.05) is 32.0 Å². The number of aromatic nitrogens is 6. The Morgan fingerprint density at radius 2 is 1.69 bits per heavy atom. The highest BCUT2D eigenvalue weighted by Gasteiger charge is 2.43. The number of phenols is 1. The van der Waals surface area contributed by atoms with E-state index in [1.807, 2.05) is 45.2 Å². The van der Waals surface area contributed by atoms with Crippen molar-refractivity contribution in [1.82, 2.24) is 45.4 Å². The minimum Gasteiger partial charge on any atom is -0.507 e. The van der Waals surface area contributed by atoms with Crippen molar-refractivity contribution in [2.75, 3.05) is 61.4 Å². The van der Waals surface area contributed by atoms with Crippen LogP contribution in [0.2, 0.25) is 0 Å². The van der Waals surface area contributed by atoms with Crippen molar-refractivity contribution in [2.24, 2.45) is 5.92 Å². The van der Waals surface area contributed by atoms with Gasteiger partial charge < -0.3 is 49.6 Å². The van der Waals surface area contributed by atoms with Gasteiger partial charge in [-0.15, -0.1) is 21.5 Å². The number of hydrogen-bond donors (Lipinski definition) is 3. The van der Waals surface area contributed by atoms with E-state index in [2.05, 4.69) is 62.5 Å². The number of nitrogens with one attached hydrogen (secondary N) is 1. The summed E-state index contributed by atoms with van der Waals surface area (Å²) in [6.45, 7) is 10.3. The molecule has 5 fully saturated rings. The number of halogens is 2. The van der Waals surface area contributed by atoms with Crippen LogP contribution in [0.3, 0.4) is 0 Å². The second-order valence-corrected chi connectivity index (χ2v) is 22.3. The Balaban J connectivity index is 0.602. The van der Waals surface area contributed by atoms with Gasteiger partial charge in [0, 0.05) is 100.0 Å². The number of amides is 2. The van der Waals surface area contributed by atoms with E-state index in [0.29, 0.717) is 66.9 Å². The van der Waals surface area contributed by atoms with E-state index < -0.39 is 30.3 Å². The van der Waals surface area contributed by atoms with Crippen molar-refractivity contribution in [1.29, 1.82) is 0 Å². The van der Waals surface area contributed by atoms with Gasteiger partial charge >= 0.3 is 0 Å². The molecule has 19 nitrogen and oxygen atoms in total. The van der Waals surface area contributed by atoms with E-state index in [-0.39, 0.29) is 59.4 Å². The Bertz CT molecular complexity index is 3030. The van der Waals surface area contributed by atoms with E-state index in [9.17, 15) is 23.5 Å². The molecule has 4 aliphatic heterocycles. The number of likely N-dealkylation sites (tertiary alicyclic amines) is 2. The maximum atomic E-state index is 14.5. The molecule has 11 rings (SSSR count). The molecule has 1 saturated carbocycles. The molecule has 1 aromatic carbocycles. The lowest BCUT2D eigenvalue weighted by Gasteiger charge is -2.43. The van der Waals surface area contributed by atoms with Gasteiger partial charge in [0.15, 0.2) is 11.6 Å². The van der Waals surface area contributed by atoms with Crippen molar-refractivity contribution in [3.05, 3.63) is 95.6 Å². The van der Waals surface area contributed by atoms with Crippen LogP contribution in [0.25, 0.3) is 21.8 Å². The molecule has 0 spiro atoms. The smallest absolute Gasteiger partial charge is 0.262 e. The zero-order valence-electron chi connectivity index (χ0n) is 44.0. The van der Waals surface area contributed by atoms with Crippen LogP contribution in [0.15, 0.2) is 83.1 Å². The van der Waals surface area contributed by atoms with Crippen molar-refractivity contribution in [2.45, 2.75) is 127 Å². The summed E-state index contributed by atoms with van der Waals surface area (Å²) in [6.07, 6.45) is 7.10. The molecule has 22 heteroatoms. The number of fused-ring (bicyclic) bond motifs is 2. The van der Waals surface area contributed by atoms with Crippen LogP contribution in [0.1, 0.15) is 94.2 Å². The quantitative estimate of drug-likeness (QED) is 0.0703. The Kier molecular flexibility index (Phi) is 15.7. The molecule has 5 atom stereocenters. The van der Waals surface area contributed by atoms with Crippen LogP contribution in [0.4, 0.5) is 26.0 Å². The number of nitrogen functional groups attached to an aromatic ring is 1. The van der Waals surface area contributed by atoms with Gasteiger partial charge in [0.2, 0.25) is 17.7 Å². The number of piperidine rings is 1. The van der Waals surface area contributed by atoms with Crippen LogP contribution >= 0.6 is 11.3 Å². The molecule has 6 aromatic rings. The molecule has 412 valence electrons. The summed E-state index contributed by atoms with van der Waals surface area (Å²) >= 11 is 1.41. The lowest BCUT2D eigenvalue weighted by Crippen LogP contribution is -2.54. The number of aryl methyl sites for hydroxylation is 1. The predicted octanol–water partition coefficient (Wildman–Crippen LogP) is 7.82. The van der Waals surface area contributed by atoms with E-state index >= 15 is 0 Å². The molecule has 78 heavy (non-hydrogen) atoms. The number of carbonyl (C=O) groups is 2. The number of rotatable bonds is 19. The number of ether oxygens (including phenoxy) is 3. The maximum Gasteiger partial charge on any atom is 0.262 e. The Morgan fingerprint density at radius 1 is 0.897 bits per heavy atom. The highest BCUT2D eigenvalue weighted by atomic mass is 32.1. The van der Waals surface area contributed by atoms with Gasteiger partial charge in [0.1, 0.15) is 36.5 Å². The summed E-state index contributed by atoms with van der Waals surface area (Å²) in [5, 5.41) is 25.6. The first kappa shape index (κ1) is 53.0. The average molecular weight is 1090 g/mol. The van der Waals surface area contributed by atoms with Gasteiger partial charge in [0.25, 0.3) is 12.3 Å². The number of hydrogen-bond acceptors (Lipinski definition) is 18. The molecule has 4 saturated heterocycles. The van der Waals surface area contributed by atoms with Crippen molar-refractivity contribution < 1.29 is 42.2 Å². The van der Waals surface area contributed by atoms with Crippen LogP contribution in [0, 0.1) is 12.8 Å². The molecule has 5 aromatic heterocycles. The minimum absolute atomic E-state index is 0.0414. The number of piperazine rings is 1. The summed E-state index contributed by atoms with van der Waals surface area (Å²) in [7, 11) is 0. The van der Waals surface area contributed by atoms with Crippen LogP contribution < -0.4 is 30.3 Å². The van der Waals surface area contributed by atoms with E-state index in [4.69, 9.17) is 24.5 Å². The first-order chi connectivity index (χ1) is 37.8. The Labute approximate surface area is 455 Å². The van der Waals surface area contributed by atoms with Crippen molar-refractivity contribution >= 4 is 40.3 Å². The lowest BCUT2D eigenvalue weighted by molar-refractivity contribution is -0.141. The number of carbonyl (C=O) groups excluding carboxylic acids is 2. The second-order valence-electron chi connectivity index (χ2n) is 21.5. The third-order valence-corrected chi connectivity index (χ3v) is 16.9. The standard InChI is InChI=1S/C56H66F2N12O7S/c1-32(2)50(56(73)69-18-6-8-44(69)55(72)63-51(53(57)58)34-10-13-42(61-28-34)52-33(3)62-31-78-52)47-27-49(66-77-47)74-22-21-67-19-15-38(16-20-67)75-39-24-40(25-39)76-48-23-35(14-17-60-48)70-36-11-12-37(70)30-68(29-36)45-26-43(64-65-54(45)59)41-7-4-5-9-46(41)71/h4-5,7,9-10,13-14,17,23,26-28,31-32,36-40,44,50-51,53,71H,6,8,11-12,15-16,18-22,24-25,29-30H2,1-3H3,(H2,59,65)(H,63,72)/t36?,37?,39?,40?,44-,50+,51+/m0/s1. The molecule has 1 aliphatic carbocycles. The molecule has 2 amide bonds. The van der Waals surface area contributed by atoms with Gasteiger partial charge in [-0.2, -0.15) is 0 Å². The molecular formula is C56H66F2N12O7S. The second kappa shape index (κ2) is 23.1. The van der Waals surface area contributed by atoms with Crippen molar-refractivity contribution in [3.8, 4) is 39.3 Å². The van der Waals surface area contributed by atoms with Crippen LogP contribution in [0.5, 0.6) is 17.5 Å². The first-order valence-corrected chi connectivity index (χ1v) is 28.0. The highest BCUT2D eigenvalue weighted by molar-refractivity contribution is 7.13. The number of anilines is 3. The highest BCUT2D eigenvalue weighted by Crippen LogP contribution is 2.41. The summed E-state index contributed by atoms with van der Waals surface area (Å²) in [4.78, 5) is 50.5. The number of pyridine rings is 2. The SMILES string of the molecule is Cc1ncsc1-c1ccc([C@@H](NC(=O)[C@@H]2CCCN2C(=O)[C@@H](c2cc(OCCN3CCC(OC4CC(Oc5cc(N6C7CCC6CN(c6cc(-c8ccccc8O)nnc6N)C7)ccn5)C4)CC3)no2)C(C)C)C(F)F)cn1. The number of para-hydroxylation sites is 1. The fraction of sp³-hybridized carbons (Fsp3) is 0.500. The van der Waals surface area contributed by atoms with Gasteiger partial charge in [0.05, 0.1) is 45.4 Å². The first-order valence-electron chi connectivity index (χ1n) is 27.1. The third kappa shape index (κ3) is 11.4. The number of nitrogens with zero attached hydrogens (tertiary/aromatic N) is 10. The summed E-state index contributed by atoms with van der Waals surface area (Å²) < 4.78 is 53.6. The lowest BCUT2D eigenvalue weighted by atomic mass is 9.91. The van der Waals surface area contributed by atoms with Gasteiger partial charge in [-0.25, -0.2) is 18.7 Å². The largest absolute Gasteiger partial charge is 0.507 e. The number of benzene rings is 1. The molecule has 0 radical (unpaired) electrons. The number of nitrogens with two attached hydrogens (primary N) is 1. The topological polar surface area (TPSA) is 224 Å². The fourth-order valence-electron chi connectivity index (χ4n) is 11.8. The van der Waals surface area contributed by atoms with E-state index in [0.717, 1.165) is 86.6 Å². The molecule has 2 unspecified atom stereocenters. The zero-order chi connectivity index (χ0) is 54.0. The molecular weight excluding hydrogens is 1020 g/mol. The Morgan fingerprint density at radius 3 is 2.41 bits per heavy atom. The zero-order valence-corrected chi connectivity index (χ0v) is 44.8. The van der Waals surface area contributed by atoms with Crippen LogP contribution in [-0.2, 0) is 14.3 Å². The normalized spacial score (nSPS) is 22.4. The summed E-state index contributed by atoms with van der Waals surface area (Å²) in [5.74, 6) is -0.215. The number of thiazole rings is 1. The van der Waals surface area contributed by atoms with Crippen molar-refractivity contribution in [3.63, 3.8) is 0 Å². The van der Waals surface area contributed by atoms with Gasteiger partial charge in [-0.3, -0.25) is 19.5 Å². The van der Waals surface area contributed by atoms with Gasteiger partial charge in [-0.05, 0) is 92.4 Å². The average Bonchev–Trinajstić information content (AvgIpc) is 4.37. The molecule has 5 aliphatic rings. The fourth-order valence-corrected chi connectivity index (χ4v) is 12.6. The van der Waals surface area contributed by atoms with E-state index in [1.54, 1.807) is 35.8 Å². The number of phenolic OH excluding ortho intramolecular Hbond substituents is 1. The predicted molar refractivity (Wildman–Crippen MR) is 289 cm³/mol. The Hall–Kier alpha value is -7.04. The summed E-state index contributed by atoms with van der Waals surface area (Å²) in [6, 6.07) is 16.0. The monoisotopic (exact) mass is 1090 g/mol. The minimum atomic E-state index is -2.90. The third-order valence-electron chi connectivity index (χ3n) is 16.0. The number of aromatic hydroxyl groups is 1. The van der Waals surface area contributed by atoms with E-state index in [1.165, 1.54) is 22.4 Å². The molecule has 9 heterocycles. The maximum absolute atomic E-state index is 14.5. The van der Waals surface area contributed by atoms with Crippen LogP contribution in [-0.4, -0.2) is 146 Å². The number of alkyl halides is 2. The molecule has 4 N–H and O–H groups in total. The molecule has 2 bridgehead atoms.